The van der Waals surface area contributed by atoms with E-state index in [9.17, 15) is 12.8 Å². The number of aromatic nitrogens is 1. The fourth-order valence-corrected chi connectivity index (χ4v) is 2.74. The Morgan fingerprint density at radius 1 is 1.25 bits per heavy atom. The summed E-state index contributed by atoms with van der Waals surface area (Å²) in [6, 6.07) is 9.91. The predicted octanol–water partition coefficient (Wildman–Crippen LogP) is 1.92. The quantitative estimate of drug-likeness (QED) is 0.866. The molecule has 2 rings (SSSR count). The minimum absolute atomic E-state index is 0.0585. The van der Waals surface area contributed by atoms with Gasteiger partial charge in [-0.2, -0.15) is 5.26 Å². The number of hydrogen-bond donors (Lipinski definition) is 0. The van der Waals surface area contributed by atoms with Gasteiger partial charge in [0.05, 0.1) is 5.69 Å². The van der Waals surface area contributed by atoms with Crippen LogP contribution in [0.2, 0.25) is 0 Å². The number of hydrogen-bond acceptors (Lipinski definition) is 4. The average molecular weight is 291 g/mol. The molecule has 0 atom stereocenters. The highest BCUT2D eigenvalue weighted by atomic mass is 32.2. The summed E-state index contributed by atoms with van der Waals surface area (Å²) in [5.74, 6) is -0.639. The average Bonchev–Trinajstić information content (AvgIpc) is 2.47. The SMILES string of the molecule is CN(c1ccccc1F)S(=O)(=O)c1ccc(C#N)nc1. The summed E-state index contributed by atoms with van der Waals surface area (Å²) in [7, 11) is -2.66. The fourth-order valence-electron chi connectivity index (χ4n) is 1.59. The molecule has 0 spiro atoms. The van der Waals surface area contributed by atoms with Gasteiger partial charge in [-0.25, -0.2) is 17.8 Å². The number of rotatable bonds is 3. The van der Waals surface area contributed by atoms with Gasteiger partial charge < -0.3 is 0 Å². The maximum Gasteiger partial charge on any atom is 0.265 e. The summed E-state index contributed by atoms with van der Waals surface area (Å²) >= 11 is 0. The van der Waals surface area contributed by atoms with E-state index in [1.165, 1.54) is 37.4 Å². The van der Waals surface area contributed by atoms with Gasteiger partial charge in [0.15, 0.2) is 0 Å². The van der Waals surface area contributed by atoms with Crippen molar-refractivity contribution in [2.75, 3.05) is 11.4 Å². The zero-order valence-electron chi connectivity index (χ0n) is 10.5. The van der Waals surface area contributed by atoms with Crippen LogP contribution in [0.3, 0.4) is 0 Å². The summed E-state index contributed by atoms with van der Waals surface area (Å²) in [6.07, 6.45) is 1.07. The van der Waals surface area contributed by atoms with Crippen LogP contribution in [-0.4, -0.2) is 20.4 Å². The number of halogens is 1. The highest BCUT2D eigenvalue weighted by Crippen LogP contribution is 2.24. The maximum atomic E-state index is 13.6. The van der Waals surface area contributed by atoms with Crippen molar-refractivity contribution in [1.82, 2.24) is 4.98 Å². The molecule has 0 aliphatic rings. The lowest BCUT2D eigenvalue weighted by molar-refractivity contribution is 0.589. The highest BCUT2D eigenvalue weighted by Gasteiger charge is 2.23. The summed E-state index contributed by atoms with van der Waals surface area (Å²) in [4.78, 5) is 3.59. The largest absolute Gasteiger partial charge is 0.266 e. The molecular weight excluding hydrogens is 281 g/mol. The van der Waals surface area contributed by atoms with Crippen LogP contribution in [0.4, 0.5) is 10.1 Å². The molecule has 0 unspecified atom stereocenters. The summed E-state index contributed by atoms with van der Waals surface area (Å²) in [5, 5.41) is 8.63. The van der Waals surface area contributed by atoms with E-state index >= 15 is 0 Å². The third kappa shape index (κ3) is 2.46. The molecule has 2 aromatic rings. The van der Waals surface area contributed by atoms with E-state index in [-0.39, 0.29) is 16.3 Å². The van der Waals surface area contributed by atoms with Crippen molar-refractivity contribution in [1.29, 1.82) is 5.26 Å². The van der Waals surface area contributed by atoms with Crippen molar-refractivity contribution in [2.24, 2.45) is 0 Å². The number of pyridine rings is 1. The third-order valence-corrected chi connectivity index (χ3v) is 4.46. The van der Waals surface area contributed by atoms with E-state index < -0.39 is 15.8 Å². The van der Waals surface area contributed by atoms with Gasteiger partial charge in [0.25, 0.3) is 10.0 Å². The second-order valence-corrected chi connectivity index (χ2v) is 5.88. The Bertz CT molecular complexity index is 767. The molecule has 1 aromatic carbocycles. The number of nitriles is 1. The first-order chi connectivity index (χ1) is 9.46. The first-order valence-corrected chi connectivity index (χ1v) is 7.00. The third-order valence-electron chi connectivity index (χ3n) is 2.70. The van der Waals surface area contributed by atoms with Gasteiger partial charge in [0.2, 0.25) is 0 Å². The molecule has 0 N–H and O–H groups in total. The van der Waals surface area contributed by atoms with E-state index in [0.29, 0.717) is 0 Å². The van der Waals surface area contributed by atoms with Crippen LogP contribution in [0.5, 0.6) is 0 Å². The fraction of sp³-hybridized carbons (Fsp3) is 0.0769. The molecule has 102 valence electrons. The van der Waals surface area contributed by atoms with Gasteiger partial charge >= 0.3 is 0 Å². The predicted molar refractivity (Wildman–Crippen MR) is 70.9 cm³/mol. The van der Waals surface area contributed by atoms with E-state index in [4.69, 9.17) is 5.26 Å². The molecule has 0 bridgehead atoms. The van der Waals surface area contributed by atoms with Crippen LogP contribution in [0.15, 0.2) is 47.5 Å². The van der Waals surface area contributed by atoms with Crippen LogP contribution in [0.25, 0.3) is 0 Å². The van der Waals surface area contributed by atoms with Crippen LogP contribution in [0, 0.1) is 17.1 Å². The maximum absolute atomic E-state index is 13.6. The Labute approximate surface area is 116 Å². The van der Waals surface area contributed by atoms with Gasteiger partial charge in [-0.15, -0.1) is 0 Å². The number of nitrogens with zero attached hydrogens (tertiary/aromatic N) is 3. The lowest BCUT2D eigenvalue weighted by Crippen LogP contribution is -2.27. The minimum atomic E-state index is -3.92. The number of benzene rings is 1. The van der Waals surface area contributed by atoms with Gasteiger partial charge in [-0.05, 0) is 24.3 Å². The van der Waals surface area contributed by atoms with Crippen LogP contribution >= 0.6 is 0 Å². The molecule has 20 heavy (non-hydrogen) atoms. The lowest BCUT2D eigenvalue weighted by Gasteiger charge is -2.19. The second-order valence-electron chi connectivity index (χ2n) is 3.91. The topological polar surface area (TPSA) is 74.1 Å². The second kappa shape index (κ2) is 5.27. The Morgan fingerprint density at radius 3 is 2.50 bits per heavy atom. The van der Waals surface area contributed by atoms with Crippen LogP contribution < -0.4 is 4.31 Å². The summed E-state index contributed by atoms with van der Waals surface area (Å²) in [6.45, 7) is 0. The Kier molecular flexibility index (Phi) is 3.68. The molecule has 5 nitrogen and oxygen atoms in total. The van der Waals surface area contributed by atoms with Crippen LogP contribution in [-0.2, 0) is 10.0 Å². The molecular formula is C13H10FN3O2S. The molecule has 7 heteroatoms. The molecule has 1 aromatic heterocycles. The highest BCUT2D eigenvalue weighted by molar-refractivity contribution is 7.92. The molecule has 1 heterocycles. The number of para-hydroxylation sites is 1. The normalized spacial score (nSPS) is 10.8. The number of sulfonamides is 1. The van der Waals surface area contributed by atoms with Crippen molar-refractivity contribution in [3.63, 3.8) is 0 Å². The summed E-state index contributed by atoms with van der Waals surface area (Å²) in [5.41, 5.74) is 0.0503. The van der Waals surface area contributed by atoms with E-state index in [1.54, 1.807) is 12.1 Å². The van der Waals surface area contributed by atoms with Gasteiger partial charge in [0, 0.05) is 13.2 Å². The first kappa shape index (κ1) is 14.0. The smallest absolute Gasteiger partial charge is 0.265 e. The minimum Gasteiger partial charge on any atom is -0.266 e. The standard InChI is InChI=1S/C13H10FN3O2S/c1-17(13-5-3-2-4-12(13)14)20(18,19)11-7-6-10(8-15)16-9-11/h2-7,9H,1H3. The summed E-state index contributed by atoms with van der Waals surface area (Å²) < 4.78 is 39.1. The molecule has 0 aliphatic heterocycles. The molecule has 0 fully saturated rings. The lowest BCUT2D eigenvalue weighted by atomic mass is 10.3. The van der Waals surface area contributed by atoms with Crippen LogP contribution in [0.1, 0.15) is 5.69 Å². The van der Waals surface area contributed by atoms with Gasteiger partial charge in [-0.1, -0.05) is 12.1 Å². The molecule has 0 aliphatic carbocycles. The Balaban J connectivity index is 2.44. The van der Waals surface area contributed by atoms with Crippen molar-refractivity contribution >= 4 is 15.7 Å². The van der Waals surface area contributed by atoms with Crippen molar-refractivity contribution in [2.45, 2.75) is 4.90 Å². The van der Waals surface area contributed by atoms with Crippen molar-refractivity contribution in [3.05, 3.63) is 54.1 Å². The van der Waals surface area contributed by atoms with E-state index in [0.717, 1.165) is 10.5 Å². The van der Waals surface area contributed by atoms with Gasteiger partial charge in [-0.3, -0.25) is 4.31 Å². The Morgan fingerprint density at radius 2 is 1.95 bits per heavy atom. The molecule has 0 amide bonds. The molecule has 0 radical (unpaired) electrons. The van der Waals surface area contributed by atoms with Crippen molar-refractivity contribution in [3.8, 4) is 6.07 Å². The zero-order valence-corrected chi connectivity index (χ0v) is 11.3. The molecule has 0 saturated carbocycles. The van der Waals surface area contributed by atoms with E-state index in [1.807, 2.05) is 0 Å². The molecule has 0 saturated heterocycles. The first-order valence-electron chi connectivity index (χ1n) is 5.56. The van der Waals surface area contributed by atoms with E-state index in [2.05, 4.69) is 4.98 Å². The van der Waals surface area contributed by atoms with Crippen molar-refractivity contribution < 1.29 is 12.8 Å². The Hall–Kier alpha value is -2.46. The van der Waals surface area contributed by atoms with Gasteiger partial charge in [0.1, 0.15) is 22.5 Å². The monoisotopic (exact) mass is 291 g/mol. The zero-order chi connectivity index (χ0) is 14.8. The number of anilines is 1.